The topological polar surface area (TPSA) is 43.8 Å². The van der Waals surface area contributed by atoms with Gasteiger partial charge in [-0.1, -0.05) is 18.2 Å². The number of nitrogens with zero attached hydrogens (tertiary/aromatic N) is 2. The van der Waals surface area contributed by atoms with Crippen LogP contribution in [0.4, 0.5) is 18.9 Å². The molecule has 6 heteroatoms. The van der Waals surface area contributed by atoms with Gasteiger partial charge in [0.05, 0.1) is 17.3 Å². The molecule has 0 spiro atoms. The van der Waals surface area contributed by atoms with Crippen LogP contribution in [0.2, 0.25) is 0 Å². The van der Waals surface area contributed by atoms with Crippen LogP contribution in [-0.4, -0.2) is 9.78 Å². The van der Waals surface area contributed by atoms with E-state index in [0.29, 0.717) is 11.3 Å². The van der Waals surface area contributed by atoms with E-state index in [1.165, 1.54) is 12.1 Å². The zero-order chi connectivity index (χ0) is 15.2. The van der Waals surface area contributed by atoms with E-state index < -0.39 is 11.7 Å². The van der Waals surface area contributed by atoms with Gasteiger partial charge in [0.1, 0.15) is 0 Å². The van der Waals surface area contributed by atoms with Gasteiger partial charge in [0.15, 0.2) is 0 Å². The van der Waals surface area contributed by atoms with Gasteiger partial charge in [0.2, 0.25) is 0 Å². The molecule has 1 aromatic heterocycles. The average Bonchev–Trinajstić information content (AvgIpc) is 2.78. The molecule has 0 unspecified atom stereocenters. The first-order valence-electron chi connectivity index (χ1n) is 6.26. The number of nitrogen functional groups attached to an aromatic ring is 1. The summed E-state index contributed by atoms with van der Waals surface area (Å²) in [4.78, 5) is 0. The molecule has 2 aromatic carbocycles. The van der Waals surface area contributed by atoms with E-state index in [4.69, 9.17) is 5.73 Å². The van der Waals surface area contributed by atoms with E-state index in [1.807, 2.05) is 0 Å². The zero-order valence-electron chi connectivity index (χ0n) is 11.1. The molecule has 0 saturated heterocycles. The van der Waals surface area contributed by atoms with Crippen LogP contribution >= 0.6 is 0 Å². The number of fused-ring (bicyclic) bond motifs is 1. The van der Waals surface area contributed by atoms with Gasteiger partial charge in [0.25, 0.3) is 0 Å². The number of anilines is 1. The number of nitrogens with two attached hydrogens (primary N) is 1. The number of hydrogen-bond donors (Lipinski definition) is 1. The second kappa shape index (κ2) is 4.51. The molecule has 0 aliphatic heterocycles. The molecule has 3 nitrogen and oxygen atoms in total. The van der Waals surface area contributed by atoms with E-state index >= 15 is 0 Å². The largest absolute Gasteiger partial charge is 0.417 e. The number of alkyl halides is 3. The van der Waals surface area contributed by atoms with Crippen molar-refractivity contribution in [2.75, 3.05) is 5.73 Å². The number of aryl methyl sites for hydroxylation is 1. The Kier molecular flexibility index (Phi) is 2.90. The molecule has 21 heavy (non-hydrogen) atoms. The maximum atomic E-state index is 13.1. The van der Waals surface area contributed by atoms with Crippen molar-refractivity contribution in [3.63, 3.8) is 0 Å². The monoisotopic (exact) mass is 291 g/mol. The van der Waals surface area contributed by atoms with Gasteiger partial charge in [-0.25, -0.2) is 0 Å². The van der Waals surface area contributed by atoms with Crippen molar-refractivity contribution < 1.29 is 13.2 Å². The number of benzene rings is 2. The van der Waals surface area contributed by atoms with Crippen molar-refractivity contribution in [3.8, 4) is 11.1 Å². The molecular weight excluding hydrogens is 279 g/mol. The predicted octanol–water partition coefficient (Wildman–Crippen LogP) is 3.84. The van der Waals surface area contributed by atoms with E-state index in [2.05, 4.69) is 5.10 Å². The molecule has 0 amide bonds. The zero-order valence-corrected chi connectivity index (χ0v) is 11.1. The summed E-state index contributed by atoms with van der Waals surface area (Å²) in [5, 5.41) is 4.88. The molecule has 0 saturated carbocycles. The van der Waals surface area contributed by atoms with Gasteiger partial charge in [-0.15, -0.1) is 0 Å². The normalized spacial score (nSPS) is 12.0. The van der Waals surface area contributed by atoms with Crippen LogP contribution in [0.25, 0.3) is 22.0 Å². The molecule has 1 heterocycles. The summed E-state index contributed by atoms with van der Waals surface area (Å²) in [5.74, 6) is 0. The van der Waals surface area contributed by atoms with E-state index in [0.717, 1.165) is 17.0 Å². The second-order valence-electron chi connectivity index (χ2n) is 4.81. The predicted molar refractivity (Wildman–Crippen MR) is 75.6 cm³/mol. The van der Waals surface area contributed by atoms with E-state index in [-0.39, 0.29) is 5.56 Å². The third-order valence-corrected chi connectivity index (χ3v) is 3.44. The Bertz CT molecular complexity index is 819. The average molecular weight is 291 g/mol. The van der Waals surface area contributed by atoms with Crippen LogP contribution in [0.15, 0.2) is 42.6 Å². The molecule has 3 aromatic rings. The summed E-state index contributed by atoms with van der Waals surface area (Å²) in [5.41, 5.74) is 6.71. The fourth-order valence-corrected chi connectivity index (χ4v) is 2.42. The molecule has 108 valence electrons. The summed E-state index contributed by atoms with van der Waals surface area (Å²) in [6.45, 7) is 0. The highest BCUT2D eigenvalue weighted by Gasteiger charge is 2.33. The maximum absolute atomic E-state index is 13.1. The van der Waals surface area contributed by atoms with Crippen molar-refractivity contribution >= 4 is 16.6 Å². The van der Waals surface area contributed by atoms with Crippen molar-refractivity contribution in [2.45, 2.75) is 6.18 Å². The van der Waals surface area contributed by atoms with Crippen molar-refractivity contribution in [1.82, 2.24) is 9.78 Å². The first-order valence-corrected chi connectivity index (χ1v) is 6.26. The van der Waals surface area contributed by atoms with Crippen LogP contribution in [-0.2, 0) is 13.2 Å². The Morgan fingerprint density at radius 3 is 2.52 bits per heavy atom. The molecule has 0 bridgehead atoms. The van der Waals surface area contributed by atoms with Crippen molar-refractivity contribution in [1.29, 1.82) is 0 Å². The first kappa shape index (κ1) is 13.5. The van der Waals surface area contributed by atoms with Crippen LogP contribution in [0.1, 0.15) is 5.56 Å². The quantitative estimate of drug-likeness (QED) is 0.692. The second-order valence-corrected chi connectivity index (χ2v) is 4.81. The van der Waals surface area contributed by atoms with Crippen molar-refractivity contribution in [2.24, 2.45) is 7.05 Å². The highest BCUT2D eigenvalue weighted by atomic mass is 19.4. The van der Waals surface area contributed by atoms with Gasteiger partial charge in [-0.3, -0.25) is 4.68 Å². The standard InChI is InChI=1S/C15H12F3N3/c1-21-14-7-11(13(19)6-9(14)8-20-21)10-4-2-3-5-12(10)15(16,17)18/h2-8H,19H2,1H3. The Morgan fingerprint density at radius 1 is 1.10 bits per heavy atom. The van der Waals surface area contributed by atoms with E-state index in [9.17, 15) is 13.2 Å². The summed E-state index contributed by atoms with van der Waals surface area (Å²) in [6, 6.07) is 8.70. The molecule has 0 radical (unpaired) electrons. The third kappa shape index (κ3) is 2.22. The summed E-state index contributed by atoms with van der Waals surface area (Å²) in [7, 11) is 1.73. The van der Waals surface area contributed by atoms with Crippen LogP contribution in [0, 0.1) is 0 Å². The fraction of sp³-hybridized carbons (Fsp3) is 0.133. The minimum atomic E-state index is -4.43. The van der Waals surface area contributed by atoms with Gasteiger partial charge < -0.3 is 5.73 Å². The lowest BCUT2D eigenvalue weighted by Gasteiger charge is -2.14. The molecule has 0 aliphatic rings. The highest BCUT2D eigenvalue weighted by molar-refractivity contribution is 5.92. The van der Waals surface area contributed by atoms with Gasteiger partial charge in [-0.2, -0.15) is 18.3 Å². The number of halogens is 3. The van der Waals surface area contributed by atoms with Crippen LogP contribution < -0.4 is 5.73 Å². The van der Waals surface area contributed by atoms with Crippen molar-refractivity contribution in [3.05, 3.63) is 48.2 Å². The Morgan fingerprint density at radius 2 is 1.81 bits per heavy atom. The van der Waals surface area contributed by atoms with Crippen LogP contribution in [0.3, 0.4) is 0 Å². The smallest absolute Gasteiger partial charge is 0.398 e. The molecule has 0 aliphatic carbocycles. The van der Waals surface area contributed by atoms with Gasteiger partial charge in [0, 0.05) is 23.7 Å². The summed E-state index contributed by atoms with van der Waals surface area (Å²) in [6.07, 6.45) is -2.80. The molecular formula is C15H12F3N3. The molecule has 2 N–H and O–H groups in total. The summed E-state index contributed by atoms with van der Waals surface area (Å²) < 4.78 is 41.0. The Labute approximate surface area is 118 Å². The fourth-order valence-electron chi connectivity index (χ4n) is 2.42. The third-order valence-electron chi connectivity index (χ3n) is 3.44. The van der Waals surface area contributed by atoms with Gasteiger partial charge in [-0.05, 0) is 23.8 Å². The maximum Gasteiger partial charge on any atom is 0.417 e. The molecule has 0 fully saturated rings. The lowest BCUT2D eigenvalue weighted by atomic mass is 9.97. The number of aromatic nitrogens is 2. The molecule has 3 rings (SSSR count). The number of rotatable bonds is 1. The molecule has 0 atom stereocenters. The lowest BCUT2D eigenvalue weighted by Crippen LogP contribution is -2.07. The lowest BCUT2D eigenvalue weighted by molar-refractivity contribution is -0.137. The minimum Gasteiger partial charge on any atom is -0.398 e. The SMILES string of the molecule is Cn1ncc2cc(N)c(-c3ccccc3C(F)(F)F)cc21. The van der Waals surface area contributed by atoms with E-state index in [1.54, 1.807) is 36.1 Å². The Hall–Kier alpha value is -2.50. The van der Waals surface area contributed by atoms with Crippen LogP contribution in [0.5, 0.6) is 0 Å². The summed E-state index contributed by atoms with van der Waals surface area (Å²) >= 11 is 0. The minimum absolute atomic E-state index is 0.0746. The highest BCUT2D eigenvalue weighted by Crippen LogP contribution is 2.39. The Balaban J connectivity index is 2.30. The first-order chi connectivity index (χ1) is 9.88. The van der Waals surface area contributed by atoms with Gasteiger partial charge >= 0.3 is 6.18 Å². The number of hydrogen-bond acceptors (Lipinski definition) is 2.